The summed E-state index contributed by atoms with van der Waals surface area (Å²) in [5.41, 5.74) is 4.11. The van der Waals surface area contributed by atoms with Crippen LogP contribution in [0.25, 0.3) is 0 Å². The number of aryl methyl sites for hydroxylation is 1. The summed E-state index contributed by atoms with van der Waals surface area (Å²) in [6, 6.07) is 17.1. The van der Waals surface area contributed by atoms with Gasteiger partial charge >= 0.3 is 0 Å². The molecule has 1 N–H and O–H groups in total. The first-order chi connectivity index (χ1) is 12.3. The van der Waals surface area contributed by atoms with E-state index < -0.39 is 0 Å². The maximum atomic E-state index is 5.82. The van der Waals surface area contributed by atoms with Crippen LogP contribution >= 0.6 is 0 Å². The summed E-state index contributed by atoms with van der Waals surface area (Å²) >= 11 is 0. The Morgan fingerprint density at radius 2 is 1.64 bits per heavy atom. The van der Waals surface area contributed by atoms with Crippen LogP contribution in [0.5, 0.6) is 5.75 Å². The topological polar surface area (TPSA) is 21.3 Å². The molecule has 0 fully saturated rings. The molecule has 0 aliphatic carbocycles. The van der Waals surface area contributed by atoms with Gasteiger partial charge in [-0.2, -0.15) is 0 Å². The van der Waals surface area contributed by atoms with Gasteiger partial charge < -0.3 is 10.1 Å². The fraction of sp³-hybridized carbons (Fsp3) is 0.478. The lowest BCUT2D eigenvalue weighted by Gasteiger charge is -2.09. The SMILES string of the molecule is CCCCCCCOc1ccc(CNCCc2ccccc2C)cc1. The molecule has 0 saturated carbocycles. The van der Waals surface area contributed by atoms with Gasteiger partial charge in [-0.15, -0.1) is 0 Å². The molecule has 0 aliphatic heterocycles. The van der Waals surface area contributed by atoms with Crippen molar-refractivity contribution in [2.45, 2.75) is 58.9 Å². The molecule has 25 heavy (non-hydrogen) atoms. The Morgan fingerprint density at radius 1 is 0.880 bits per heavy atom. The predicted octanol–water partition coefficient (Wildman–Crippen LogP) is 5.68. The zero-order valence-corrected chi connectivity index (χ0v) is 15.9. The maximum absolute atomic E-state index is 5.82. The summed E-state index contributed by atoms with van der Waals surface area (Å²) in [6.07, 6.45) is 7.46. The molecule has 0 heterocycles. The van der Waals surface area contributed by atoms with Crippen molar-refractivity contribution in [2.75, 3.05) is 13.2 Å². The molecule has 0 radical (unpaired) electrons. The lowest BCUT2D eigenvalue weighted by molar-refractivity contribution is 0.304. The molecule has 0 atom stereocenters. The molecule has 2 heteroatoms. The maximum Gasteiger partial charge on any atom is 0.119 e. The zero-order chi connectivity index (χ0) is 17.7. The highest BCUT2D eigenvalue weighted by molar-refractivity contribution is 5.27. The van der Waals surface area contributed by atoms with Gasteiger partial charge in [0.15, 0.2) is 0 Å². The van der Waals surface area contributed by atoms with Crippen LogP contribution in [0.3, 0.4) is 0 Å². The van der Waals surface area contributed by atoms with Crippen molar-refractivity contribution >= 4 is 0 Å². The standard InChI is InChI=1S/C23H33NO/c1-3-4-5-6-9-18-25-23-14-12-21(13-15-23)19-24-17-16-22-11-8-7-10-20(22)2/h7-8,10-15,24H,3-6,9,16-19H2,1-2H3. The highest BCUT2D eigenvalue weighted by Gasteiger charge is 1.99. The molecule has 0 unspecified atom stereocenters. The Hall–Kier alpha value is -1.80. The van der Waals surface area contributed by atoms with Gasteiger partial charge in [0, 0.05) is 6.54 Å². The van der Waals surface area contributed by atoms with Gasteiger partial charge in [-0.25, -0.2) is 0 Å². The van der Waals surface area contributed by atoms with Gasteiger partial charge in [0.25, 0.3) is 0 Å². The summed E-state index contributed by atoms with van der Waals surface area (Å²) in [5.74, 6) is 0.985. The minimum Gasteiger partial charge on any atom is -0.494 e. The Bertz CT molecular complexity index is 591. The quantitative estimate of drug-likeness (QED) is 0.503. The number of hydrogen-bond donors (Lipinski definition) is 1. The van der Waals surface area contributed by atoms with Crippen LogP contribution in [-0.2, 0) is 13.0 Å². The second-order valence-electron chi connectivity index (χ2n) is 6.76. The van der Waals surface area contributed by atoms with Crippen molar-refractivity contribution in [1.29, 1.82) is 0 Å². The van der Waals surface area contributed by atoms with Crippen LogP contribution in [0.1, 0.15) is 55.7 Å². The molecule has 136 valence electrons. The van der Waals surface area contributed by atoms with Crippen molar-refractivity contribution < 1.29 is 4.74 Å². The Labute approximate surface area is 153 Å². The van der Waals surface area contributed by atoms with Gasteiger partial charge in [0.2, 0.25) is 0 Å². The number of hydrogen-bond acceptors (Lipinski definition) is 2. The molecule has 0 spiro atoms. The van der Waals surface area contributed by atoms with Gasteiger partial charge in [-0.3, -0.25) is 0 Å². The van der Waals surface area contributed by atoms with E-state index in [1.807, 2.05) is 0 Å². The second-order valence-corrected chi connectivity index (χ2v) is 6.76. The summed E-state index contributed by atoms with van der Waals surface area (Å²) in [4.78, 5) is 0. The van der Waals surface area contributed by atoms with E-state index in [4.69, 9.17) is 4.74 Å². The third-order valence-electron chi connectivity index (χ3n) is 4.60. The van der Waals surface area contributed by atoms with Crippen LogP contribution in [-0.4, -0.2) is 13.2 Å². The molecule has 2 aromatic rings. The first-order valence-corrected chi connectivity index (χ1v) is 9.76. The molecule has 0 amide bonds. The van der Waals surface area contributed by atoms with E-state index in [2.05, 4.69) is 67.7 Å². The second kappa shape index (κ2) is 11.7. The smallest absolute Gasteiger partial charge is 0.119 e. The van der Waals surface area contributed by atoms with Crippen LogP contribution in [0.15, 0.2) is 48.5 Å². The Morgan fingerprint density at radius 3 is 2.40 bits per heavy atom. The lowest BCUT2D eigenvalue weighted by Crippen LogP contribution is -2.17. The number of benzene rings is 2. The minimum atomic E-state index is 0.831. The highest BCUT2D eigenvalue weighted by atomic mass is 16.5. The molecular formula is C23H33NO. The molecule has 0 aromatic heterocycles. The van der Waals surface area contributed by atoms with E-state index in [1.165, 1.54) is 42.4 Å². The van der Waals surface area contributed by atoms with Crippen LogP contribution in [0, 0.1) is 6.92 Å². The van der Waals surface area contributed by atoms with E-state index >= 15 is 0 Å². The molecule has 2 rings (SSSR count). The van der Waals surface area contributed by atoms with Gasteiger partial charge in [0.05, 0.1) is 6.61 Å². The van der Waals surface area contributed by atoms with Gasteiger partial charge in [-0.05, 0) is 55.1 Å². The lowest BCUT2D eigenvalue weighted by atomic mass is 10.1. The normalized spacial score (nSPS) is 10.8. The zero-order valence-electron chi connectivity index (χ0n) is 15.9. The highest BCUT2D eigenvalue weighted by Crippen LogP contribution is 2.13. The van der Waals surface area contributed by atoms with Gasteiger partial charge in [-0.1, -0.05) is 69.0 Å². The van der Waals surface area contributed by atoms with Crippen molar-refractivity contribution in [3.63, 3.8) is 0 Å². The van der Waals surface area contributed by atoms with Crippen molar-refractivity contribution in [3.8, 4) is 5.75 Å². The molecule has 2 nitrogen and oxygen atoms in total. The number of rotatable bonds is 12. The van der Waals surface area contributed by atoms with Crippen LogP contribution in [0.2, 0.25) is 0 Å². The van der Waals surface area contributed by atoms with Crippen LogP contribution in [0.4, 0.5) is 0 Å². The molecule has 2 aromatic carbocycles. The van der Waals surface area contributed by atoms with E-state index in [1.54, 1.807) is 0 Å². The summed E-state index contributed by atoms with van der Waals surface area (Å²) in [6.45, 7) is 7.16. The van der Waals surface area contributed by atoms with E-state index in [0.29, 0.717) is 0 Å². The minimum absolute atomic E-state index is 0.831. The van der Waals surface area contributed by atoms with Crippen LogP contribution < -0.4 is 10.1 Å². The molecule has 0 aliphatic rings. The first-order valence-electron chi connectivity index (χ1n) is 9.76. The Balaban J connectivity index is 1.61. The largest absolute Gasteiger partial charge is 0.494 e. The third-order valence-corrected chi connectivity index (χ3v) is 4.60. The predicted molar refractivity (Wildman–Crippen MR) is 107 cm³/mol. The third kappa shape index (κ3) is 7.74. The average molecular weight is 340 g/mol. The Kier molecular flexibility index (Phi) is 9.14. The summed E-state index contributed by atoms with van der Waals surface area (Å²) < 4.78 is 5.82. The van der Waals surface area contributed by atoms with Crippen molar-refractivity contribution in [1.82, 2.24) is 5.32 Å². The first kappa shape index (κ1) is 19.5. The van der Waals surface area contributed by atoms with Gasteiger partial charge in [0.1, 0.15) is 5.75 Å². The van der Waals surface area contributed by atoms with E-state index in [9.17, 15) is 0 Å². The number of nitrogens with one attached hydrogen (secondary N) is 1. The fourth-order valence-electron chi connectivity index (χ4n) is 2.95. The number of ether oxygens (including phenoxy) is 1. The monoisotopic (exact) mass is 339 g/mol. The van der Waals surface area contributed by atoms with Crippen molar-refractivity contribution in [3.05, 3.63) is 65.2 Å². The van der Waals surface area contributed by atoms with E-state index in [0.717, 1.165) is 38.3 Å². The summed E-state index contributed by atoms with van der Waals surface area (Å²) in [7, 11) is 0. The fourth-order valence-corrected chi connectivity index (χ4v) is 2.95. The van der Waals surface area contributed by atoms with E-state index in [-0.39, 0.29) is 0 Å². The summed E-state index contributed by atoms with van der Waals surface area (Å²) in [5, 5.41) is 3.53. The number of unbranched alkanes of at least 4 members (excludes halogenated alkanes) is 4. The molecule has 0 saturated heterocycles. The molecule has 0 bridgehead atoms. The molecular weight excluding hydrogens is 306 g/mol. The average Bonchev–Trinajstić information content (AvgIpc) is 2.64. The van der Waals surface area contributed by atoms with Crippen molar-refractivity contribution in [2.24, 2.45) is 0 Å².